The zero-order valence-electron chi connectivity index (χ0n) is 23.7. The topological polar surface area (TPSA) is 209 Å². The van der Waals surface area contributed by atoms with Gasteiger partial charge < -0.3 is 37.4 Å². The fraction of sp³-hybridized carbons (Fsp3) is 0.760. The molecular formula is C25H46N6O7. The van der Waals surface area contributed by atoms with E-state index in [1.54, 1.807) is 13.8 Å². The van der Waals surface area contributed by atoms with E-state index in [-0.39, 0.29) is 37.1 Å². The van der Waals surface area contributed by atoms with Crippen LogP contribution in [-0.2, 0) is 28.8 Å². The SMILES string of the molecule is CC(C)CC(NC(=O)C(C)NC(=O)CN)C(=O)NC(CC(C)C)C(=O)NC(C)C(=O)NC(C(=O)O)C(C)C. The molecule has 0 aromatic heterocycles. The Morgan fingerprint density at radius 1 is 0.605 bits per heavy atom. The summed E-state index contributed by atoms with van der Waals surface area (Å²) >= 11 is 0. The lowest BCUT2D eigenvalue weighted by molar-refractivity contribution is -0.143. The van der Waals surface area contributed by atoms with E-state index in [1.807, 2.05) is 27.7 Å². The van der Waals surface area contributed by atoms with Crippen LogP contribution in [0.25, 0.3) is 0 Å². The van der Waals surface area contributed by atoms with Crippen molar-refractivity contribution in [2.75, 3.05) is 6.54 Å². The largest absolute Gasteiger partial charge is 0.480 e. The van der Waals surface area contributed by atoms with Crippen LogP contribution in [0, 0.1) is 17.8 Å². The van der Waals surface area contributed by atoms with E-state index in [0.717, 1.165) is 0 Å². The van der Waals surface area contributed by atoms with Gasteiger partial charge in [0.2, 0.25) is 29.5 Å². The van der Waals surface area contributed by atoms with Gasteiger partial charge in [0, 0.05) is 0 Å². The number of carboxylic acids is 1. The summed E-state index contributed by atoms with van der Waals surface area (Å²) in [6.45, 7) is 13.3. The highest BCUT2D eigenvalue weighted by Gasteiger charge is 2.31. The van der Waals surface area contributed by atoms with E-state index >= 15 is 0 Å². The Morgan fingerprint density at radius 2 is 1.00 bits per heavy atom. The van der Waals surface area contributed by atoms with Crippen LogP contribution in [-0.4, -0.2) is 77.4 Å². The molecule has 5 unspecified atom stereocenters. The number of amides is 5. The summed E-state index contributed by atoms with van der Waals surface area (Å²) in [5, 5.41) is 22.0. The number of carboxylic acid groups (broad SMARTS) is 1. The van der Waals surface area contributed by atoms with Crippen molar-refractivity contribution in [1.82, 2.24) is 26.6 Å². The van der Waals surface area contributed by atoms with E-state index in [1.165, 1.54) is 13.8 Å². The molecule has 0 heterocycles. The molecule has 0 aliphatic rings. The number of aliphatic carboxylic acids is 1. The smallest absolute Gasteiger partial charge is 0.326 e. The average Bonchev–Trinajstić information content (AvgIpc) is 2.79. The standard InChI is InChI=1S/C25H46N6O7/c1-12(2)9-17(23(35)28-16(8)22(34)31-20(14(5)6)25(37)38)30-24(36)18(10-13(3)4)29-21(33)15(7)27-19(32)11-26/h12-18,20H,9-11,26H2,1-8H3,(H,27,32)(H,28,35)(H,29,33)(H,30,36)(H,31,34)(H,37,38). The molecule has 218 valence electrons. The molecule has 0 aliphatic carbocycles. The van der Waals surface area contributed by atoms with Crippen molar-refractivity contribution in [2.45, 2.75) is 98.4 Å². The molecule has 8 N–H and O–H groups in total. The minimum Gasteiger partial charge on any atom is -0.480 e. The van der Waals surface area contributed by atoms with Gasteiger partial charge in [0.15, 0.2) is 0 Å². The molecule has 0 aromatic carbocycles. The highest BCUT2D eigenvalue weighted by molar-refractivity contribution is 5.95. The van der Waals surface area contributed by atoms with E-state index in [4.69, 9.17) is 5.73 Å². The van der Waals surface area contributed by atoms with Crippen molar-refractivity contribution >= 4 is 35.5 Å². The van der Waals surface area contributed by atoms with Gasteiger partial charge in [-0.1, -0.05) is 41.5 Å². The van der Waals surface area contributed by atoms with Gasteiger partial charge in [-0.25, -0.2) is 4.79 Å². The first-order valence-electron chi connectivity index (χ1n) is 12.9. The third-order valence-electron chi connectivity index (χ3n) is 5.62. The van der Waals surface area contributed by atoms with Gasteiger partial charge in [0.25, 0.3) is 0 Å². The van der Waals surface area contributed by atoms with Gasteiger partial charge in [0.05, 0.1) is 6.54 Å². The van der Waals surface area contributed by atoms with Crippen LogP contribution in [0.4, 0.5) is 0 Å². The minimum absolute atomic E-state index is 0.00264. The molecule has 0 saturated heterocycles. The first-order chi connectivity index (χ1) is 17.5. The Bertz CT molecular complexity index is 846. The molecular weight excluding hydrogens is 496 g/mol. The quantitative estimate of drug-likeness (QED) is 0.131. The van der Waals surface area contributed by atoms with Crippen LogP contribution in [0.15, 0.2) is 0 Å². The van der Waals surface area contributed by atoms with Crippen LogP contribution in [0.3, 0.4) is 0 Å². The number of carbonyl (C=O) groups excluding carboxylic acids is 5. The fourth-order valence-corrected chi connectivity index (χ4v) is 3.51. The van der Waals surface area contributed by atoms with Crippen molar-refractivity contribution in [1.29, 1.82) is 0 Å². The number of hydrogen-bond acceptors (Lipinski definition) is 7. The molecule has 0 fully saturated rings. The summed E-state index contributed by atoms with van der Waals surface area (Å²) in [5.41, 5.74) is 5.26. The molecule has 5 amide bonds. The minimum atomic E-state index is -1.19. The predicted octanol–water partition coefficient (Wildman–Crippen LogP) is -0.758. The van der Waals surface area contributed by atoms with E-state index < -0.39 is 65.7 Å². The molecule has 0 aliphatic heterocycles. The molecule has 0 saturated carbocycles. The summed E-state index contributed by atoms with van der Waals surface area (Å²) in [5.74, 6) is -4.53. The summed E-state index contributed by atoms with van der Waals surface area (Å²) in [6.07, 6.45) is 0.525. The van der Waals surface area contributed by atoms with Crippen LogP contribution in [0.5, 0.6) is 0 Å². The number of hydrogen-bond donors (Lipinski definition) is 7. The molecule has 0 aromatic rings. The first-order valence-corrected chi connectivity index (χ1v) is 12.9. The molecule has 0 radical (unpaired) electrons. The zero-order valence-corrected chi connectivity index (χ0v) is 23.7. The Kier molecular flexibility index (Phi) is 15.2. The van der Waals surface area contributed by atoms with Gasteiger partial charge >= 0.3 is 5.97 Å². The van der Waals surface area contributed by atoms with E-state index in [0.29, 0.717) is 0 Å². The molecule has 13 nitrogen and oxygen atoms in total. The molecule has 13 heteroatoms. The lowest BCUT2D eigenvalue weighted by Gasteiger charge is -2.27. The third-order valence-corrected chi connectivity index (χ3v) is 5.62. The van der Waals surface area contributed by atoms with Crippen molar-refractivity contribution in [3.63, 3.8) is 0 Å². The van der Waals surface area contributed by atoms with Gasteiger partial charge in [-0.3, -0.25) is 24.0 Å². The lowest BCUT2D eigenvalue weighted by atomic mass is 9.99. The summed E-state index contributed by atoms with van der Waals surface area (Å²) in [4.78, 5) is 74.2. The lowest BCUT2D eigenvalue weighted by Crippen LogP contribution is -2.58. The molecule has 38 heavy (non-hydrogen) atoms. The molecule has 0 bridgehead atoms. The predicted molar refractivity (Wildman–Crippen MR) is 141 cm³/mol. The van der Waals surface area contributed by atoms with Crippen molar-refractivity contribution in [3.05, 3.63) is 0 Å². The normalized spacial score (nSPS) is 15.2. The second-order valence-corrected chi connectivity index (χ2v) is 10.7. The van der Waals surface area contributed by atoms with Crippen LogP contribution in [0.2, 0.25) is 0 Å². The number of nitrogens with two attached hydrogens (primary N) is 1. The molecule has 0 spiro atoms. The maximum Gasteiger partial charge on any atom is 0.326 e. The Hall–Kier alpha value is -3.22. The number of carbonyl (C=O) groups is 6. The summed E-state index contributed by atoms with van der Waals surface area (Å²) in [6, 6.07) is -5.11. The average molecular weight is 543 g/mol. The monoisotopic (exact) mass is 542 g/mol. The third kappa shape index (κ3) is 12.8. The zero-order chi connectivity index (χ0) is 29.7. The van der Waals surface area contributed by atoms with Gasteiger partial charge in [-0.2, -0.15) is 0 Å². The molecule has 5 atom stereocenters. The maximum atomic E-state index is 13.2. The second-order valence-electron chi connectivity index (χ2n) is 10.7. The number of nitrogens with one attached hydrogen (secondary N) is 5. The van der Waals surface area contributed by atoms with E-state index in [2.05, 4.69) is 26.6 Å². The number of rotatable bonds is 16. The van der Waals surface area contributed by atoms with E-state index in [9.17, 15) is 33.9 Å². The highest BCUT2D eigenvalue weighted by Crippen LogP contribution is 2.10. The Balaban J connectivity index is 5.53. The maximum absolute atomic E-state index is 13.2. The van der Waals surface area contributed by atoms with Crippen molar-refractivity contribution < 1.29 is 33.9 Å². The fourth-order valence-electron chi connectivity index (χ4n) is 3.51. The van der Waals surface area contributed by atoms with Gasteiger partial charge in [0.1, 0.15) is 30.2 Å². The summed E-state index contributed by atoms with van der Waals surface area (Å²) in [7, 11) is 0. The van der Waals surface area contributed by atoms with Gasteiger partial charge in [-0.05, 0) is 44.4 Å². The van der Waals surface area contributed by atoms with Crippen LogP contribution in [0.1, 0.15) is 68.2 Å². The van der Waals surface area contributed by atoms with Crippen LogP contribution >= 0.6 is 0 Å². The highest BCUT2D eigenvalue weighted by atomic mass is 16.4. The van der Waals surface area contributed by atoms with Crippen molar-refractivity contribution in [2.24, 2.45) is 23.5 Å². The molecule has 0 rings (SSSR count). The first kappa shape index (κ1) is 34.8. The van der Waals surface area contributed by atoms with Crippen molar-refractivity contribution in [3.8, 4) is 0 Å². The summed E-state index contributed by atoms with van der Waals surface area (Å²) < 4.78 is 0. The van der Waals surface area contributed by atoms with Crippen LogP contribution < -0.4 is 32.3 Å². The second kappa shape index (κ2) is 16.6. The Morgan fingerprint density at radius 3 is 1.39 bits per heavy atom. The van der Waals surface area contributed by atoms with Gasteiger partial charge in [-0.15, -0.1) is 0 Å². The Labute approximate surface area is 224 Å².